The fourth-order valence-corrected chi connectivity index (χ4v) is 2.57. The van der Waals surface area contributed by atoms with E-state index in [-0.39, 0.29) is 0 Å². The molecular weight excluding hydrogens is 172 g/mol. The first-order chi connectivity index (χ1) is 6.58. The SMILES string of the molecule is CC1(C)CC1CNCC1(CN)CCC1. The lowest BCUT2D eigenvalue weighted by Gasteiger charge is -2.41. The predicted octanol–water partition coefficient (Wildman–Crippen LogP) is 1.75. The summed E-state index contributed by atoms with van der Waals surface area (Å²) in [6.45, 7) is 7.95. The van der Waals surface area contributed by atoms with E-state index in [0.717, 1.165) is 19.0 Å². The molecule has 2 aliphatic rings. The van der Waals surface area contributed by atoms with E-state index in [1.165, 1.54) is 32.2 Å². The molecule has 2 aliphatic carbocycles. The molecule has 2 heteroatoms. The monoisotopic (exact) mass is 196 g/mol. The third-order valence-electron chi connectivity index (χ3n) is 4.46. The van der Waals surface area contributed by atoms with Gasteiger partial charge in [-0.3, -0.25) is 0 Å². The van der Waals surface area contributed by atoms with E-state index in [4.69, 9.17) is 5.73 Å². The molecular formula is C12H24N2. The van der Waals surface area contributed by atoms with Crippen LogP contribution >= 0.6 is 0 Å². The molecule has 0 saturated heterocycles. The quantitative estimate of drug-likeness (QED) is 0.703. The zero-order valence-corrected chi connectivity index (χ0v) is 9.60. The zero-order valence-electron chi connectivity index (χ0n) is 9.60. The number of nitrogens with two attached hydrogens (primary N) is 1. The minimum atomic E-state index is 0.471. The summed E-state index contributed by atoms with van der Waals surface area (Å²) in [4.78, 5) is 0. The fraction of sp³-hybridized carbons (Fsp3) is 1.00. The van der Waals surface area contributed by atoms with Gasteiger partial charge in [0.25, 0.3) is 0 Å². The highest BCUT2D eigenvalue weighted by molar-refractivity contribution is 4.97. The molecule has 3 N–H and O–H groups in total. The van der Waals surface area contributed by atoms with E-state index < -0.39 is 0 Å². The second-order valence-corrected chi connectivity index (χ2v) is 6.08. The molecule has 0 aromatic rings. The van der Waals surface area contributed by atoms with Gasteiger partial charge in [-0.05, 0) is 49.1 Å². The highest BCUT2D eigenvalue weighted by Gasteiger charge is 2.45. The van der Waals surface area contributed by atoms with Crippen molar-refractivity contribution in [3.05, 3.63) is 0 Å². The lowest BCUT2D eigenvalue weighted by Crippen LogP contribution is -2.45. The van der Waals surface area contributed by atoms with Crippen molar-refractivity contribution in [3.63, 3.8) is 0 Å². The molecule has 1 atom stereocenters. The first-order valence-electron chi connectivity index (χ1n) is 5.99. The smallest absolute Gasteiger partial charge is 0.00200 e. The standard InChI is InChI=1S/C12H24N2/c1-11(2)6-10(11)7-14-9-12(8-13)4-3-5-12/h10,14H,3-9,13H2,1-2H3. The van der Waals surface area contributed by atoms with Gasteiger partial charge in [-0.25, -0.2) is 0 Å². The van der Waals surface area contributed by atoms with E-state index in [1.807, 2.05) is 0 Å². The molecule has 0 radical (unpaired) electrons. The van der Waals surface area contributed by atoms with Gasteiger partial charge in [0.05, 0.1) is 0 Å². The minimum absolute atomic E-state index is 0.471. The van der Waals surface area contributed by atoms with E-state index in [9.17, 15) is 0 Å². The lowest BCUT2D eigenvalue weighted by molar-refractivity contribution is 0.140. The van der Waals surface area contributed by atoms with Crippen LogP contribution in [0.5, 0.6) is 0 Å². The van der Waals surface area contributed by atoms with Crippen LogP contribution in [-0.2, 0) is 0 Å². The first-order valence-corrected chi connectivity index (χ1v) is 5.99. The molecule has 2 saturated carbocycles. The molecule has 2 rings (SSSR count). The Bertz CT molecular complexity index is 201. The largest absolute Gasteiger partial charge is 0.330 e. The summed E-state index contributed by atoms with van der Waals surface area (Å²) < 4.78 is 0. The summed E-state index contributed by atoms with van der Waals surface area (Å²) in [6.07, 6.45) is 5.46. The fourth-order valence-electron chi connectivity index (χ4n) is 2.57. The van der Waals surface area contributed by atoms with Crippen molar-refractivity contribution in [3.8, 4) is 0 Å². The van der Waals surface area contributed by atoms with Crippen molar-refractivity contribution in [2.45, 2.75) is 39.5 Å². The van der Waals surface area contributed by atoms with Crippen LogP contribution < -0.4 is 11.1 Å². The van der Waals surface area contributed by atoms with Crippen LogP contribution in [0, 0.1) is 16.7 Å². The van der Waals surface area contributed by atoms with Crippen LogP contribution in [0.15, 0.2) is 0 Å². The predicted molar refractivity (Wildman–Crippen MR) is 60.1 cm³/mol. The molecule has 82 valence electrons. The van der Waals surface area contributed by atoms with E-state index >= 15 is 0 Å². The number of hydrogen-bond donors (Lipinski definition) is 2. The molecule has 0 aromatic heterocycles. The second-order valence-electron chi connectivity index (χ2n) is 6.08. The van der Waals surface area contributed by atoms with Crippen LogP contribution in [-0.4, -0.2) is 19.6 Å². The molecule has 0 spiro atoms. The maximum atomic E-state index is 5.81. The third-order valence-corrected chi connectivity index (χ3v) is 4.46. The molecule has 0 aliphatic heterocycles. The number of nitrogens with one attached hydrogen (secondary N) is 1. The Balaban J connectivity index is 1.63. The van der Waals surface area contributed by atoms with Crippen LogP contribution in [0.1, 0.15) is 39.5 Å². The van der Waals surface area contributed by atoms with Crippen molar-refractivity contribution in [1.29, 1.82) is 0 Å². The normalized spacial score (nSPS) is 32.4. The Hall–Kier alpha value is -0.0800. The van der Waals surface area contributed by atoms with E-state index in [0.29, 0.717) is 10.8 Å². The molecule has 0 heterocycles. The van der Waals surface area contributed by atoms with Gasteiger partial charge in [0.1, 0.15) is 0 Å². The average Bonchev–Trinajstić information content (AvgIpc) is 2.65. The number of hydrogen-bond acceptors (Lipinski definition) is 2. The van der Waals surface area contributed by atoms with Crippen LogP contribution in [0.4, 0.5) is 0 Å². The Labute approximate surface area is 87.6 Å². The van der Waals surface area contributed by atoms with Crippen molar-refractivity contribution < 1.29 is 0 Å². The third kappa shape index (κ3) is 1.96. The maximum Gasteiger partial charge on any atom is 0.00200 e. The van der Waals surface area contributed by atoms with E-state index in [1.54, 1.807) is 0 Å². The van der Waals surface area contributed by atoms with Gasteiger partial charge in [-0.15, -0.1) is 0 Å². The van der Waals surface area contributed by atoms with Crippen LogP contribution in [0.25, 0.3) is 0 Å². The van der Waals surface area contributed by atoms with E-state index in [2.05, 4.69) is 19.2 Å². The molecule has 0 aromatic carbocycles. The highest BCUT2D eigenvalue weighted by Crippen LogP contribution is 2.51. The van der Waals surface area contributed by atoms with Gasteiger partial charge in [-0.2, -0.15) is 0 Å². The van der Waals surface area contributed by atoms with Crippen LogP contribution in [0.3, 0.4) is 0 Å². The molecule has 1 unspecified atom stereocenters. The van der Waals surface area contributed by atoms with Gasteiger partial charge in [0, 0.05) is 6.54 Å². The Morgan fingerprint density at radius 1 is 1.36 bits per heavy atom. The Morgan fingerprint density at radius 2 is 2.00 bits per heavy atom. The first kappa shape index (κ1) is 10.4. The van der Waals surface area contributed by atoms with Gasteiger partial charge >= 0.3 is 0 Å². The van der Waals surface area contributed by atoms with Crippen molar-refractivity contribution >= 4 is 0 Å². The zero-order chi connectivity index (χ0) is 10.2. The summed E-state index contributed by atoms with van der Waals surface area (Å²) in [6, 6.07) is 0. The molecule has 2 nitrogen and oxygen atoms in total. The summed E-state index contributed by atoms with van der Waals surface area (Å²) in [5.74, 6) is 0.914. The number of rotatable bonds is 5. The molecule has 2 fully saturated rings. The lowest BCUT2D eigenvalue weighted by atomic mass is 9.69. The van der Waals surface area contributed by atoms with Crippen molar-refractivity contribution in [2.75, 3.05) is 19.6 Å². The Kier molecular flexibility index (Phi) is 2.61. The van der Waals surface area contributed by atoms with Gasteiger partial charge in [-0.1, -0.05) is 20.3 Å². The summed E-state index contributed by atoms with van der Waals surface area (Å²) in [5.41, 5.74) is 6.90. The average molecular weight is 196 g/mol. The summed E-state index contributed by atoms with van der Waals surface area (Å²) in [5, 5.41) is 3.62. The molecule has 14 heavy (non-hydrogen) atoms. The molecule has 0 bridgehead atoms. The maximum absolute atomic E-state index is 5.81. The second kappa shape index (κ2) is 3.49. The van der Waals surface area contributed by atoms with Gasteiger partial charge < -0.3 is 11.1 Å². The minimum Gasteiger partial charge on any atom is -0.330 e. The van der Waals surface area contributed by atoms with Gasteiger partial charge in [0.15, 0.2) is 0 Å². The van der Waals surface area contributed by atoms with Crippen molar-refractivity contribution in [1.82, 2.24) is 5.32 Å². The summed E-state index contributed by atoms with van der Waals surface area (Å²) >= 11 is 0. The topological polar surface area (TPSA) is 38.0 Å². The van der Waals surface area contributed by atoms with Crippen molar-refractivity contribution in [2.24, 2.45) is 22.5 Å². The summed E-state index contributed by atoms with van der Waals surface area (Å²) in [7, 11) is 0. The molecule has 0 amide bonds. The van der Waals surface area contributed by atoms with Gasteiger partial charge in [0.2, 0.25) is 0 Å². The Morgan fingerprint density at radius 3 is 2.36 bits per heavy atom. The van der Waals surface area contributed by atoms with Crippen LogP contribution in [0.2, 0.25) is 0 Å². The highest BCUT2D eigenvalue weighted by atomic mass is 14.9.